The van der Waals surface area contributed by atoms with E-state index in [0.717, 1.165) is 23.7 Å². The van der Waals surface area contributed by atoms with Crippen LogP contribution in [0.4, 0.5) is 10.6 Å². The van der Waals surface area contributed by atoms with E-state index in [1.807, 2.05) is 37.2 Å². The van der Waals surface area contributed by atoms with E-state index in [9.17, 15) is 4.79 Å². The molecule has 7 heteroatoms. The Labute approximate surface area is 141 Å². The van der Waals surface area contributed by atoms with Crippen molar-refractivity contribution in [3.8, 4) is 5.75 Å². The molecule has 0 spiro atoms. The number of rotatable bonds is 5. The molecule has 0 radical (unpaired) electrons. The lowest BCUT2D eigenvalue weighted by atomic mass is 10.3. The van der Waals surface area contributed by atoms with Gasteiger partial charge in [0.15, 0.2) is 11.6 Å². The summed E-state index contributed by atoms with van der Waals surface area (Å²) >= 11 is 0. The maximum atomic E-state index is 12.2. The first-order valence-corrected chi connectivity index (χ1v) is 7.97. The Morgan fingerprint density at radius 3 is 3.08 bits per heavy atom. The summed E-state index contributed by atoms with van der Waals surface area (Å²) in [6.07, 6.45) is 4.11. The third-order valence-electron chi connectivity index (χ3n) is 3.89. The molecule has 2 aromatic rings. The molecule has 24 heavy (non-hydrogen) atoms. The zero-order chi connectivity index (χ0) is 16.9. The van der Waals surface area contributed by atoms with Gasteiger partial charge in [-0.05, 0) is 24.3 Å². The van der Waals surface area contributed by atoms with Gasteiger partial charge in [-0.1, -0.05) is 0 Å². The van der Waals surface area contributed by atoms with Crippen LogP contribution in [-0.2, 0) is 6.54 Å². The Balaban J connectivity index is 1.53. The van der Waals surface area contributed by atoms with Crippen molar-refractivity contribution >= 4 is 11.8 Å². The average Bonchev–Trinajstić information content (AvgIpc) is 3.24. The van der Waals surface area contributed by atoms with Crippen molar-refractivity contribution in [2.45, 2.75) is 19.1 Å². The van der Waals surface area contributed by atoms with Gasteiger partial charge in [0.2, 0.25) is 0 Å². The standard InChI is InChI=1S/C17H22N4O3/c1-20(2)16-15(6-3-8-18-16)24-14-7-9-21(12-14)17(22)19-11-13-5-4-10-23-13/h3-6,8,10,14H,7,9,11-12H2,1-2H3,(H,19,22)/t14-/m0/s1. The van der Waals surface area contributed by atoms with E-state index >= 15 is 0 Å². The summed E-state index contributed by atoms with van der Waals surface area (Å²) in [6.45, 7) is 1.62. The second-order valence-electron chi connectivity index (χ2n) is 5.93. The van der Waals surface area contributed by atoms with Crippen LogP contribution in [0.15, 0.2) is 41.1 Å². The number of hydrogen-bond acceptors (Lipinski definition) is 5. The van der Waals surface area contributed by atoms with Crippen LogP contribution in [0.3, 0.4) is 0 Å². The largest absolute Gasteiger partial charge is 0.485 e. The second kappa shape index (κ2) is 7.25. The maximum absolute atomic E-state index is 12.2. The molecule has 3 rings (SSSR count). The van der Waals surface area contributed by atoms with Gasteiger partial charge in [-0.3, -0.25) is 0 Å². The van der Waals surface area contributed by atoms with Crippen molar-refractivity contribution < 1.29 is 13.9 Å². The molecule has 1 aliphatic heterocycles. The number of carbonyl (C=O) groups is 1. The first-order valence-electron chi connectivity index (χ1n) is 7.97. The van der Waals surface area contributed by atoms with Gasteiger partial charge in [0.1, 0.15) is 11.9 Å². The molecular weight excluding hydrogens is 308 g/mol. The monoisotopic (exact) mass is 330 g/mol. The van der Waals surface area contributed by atoms with Gasteiger partial charge in [0.25, 0.3) is 0 Å². The molecule has 0 saturated carbocycles. The Hall–Kier alpha value is -2.70. The van der Waals surface area contributed by atoms with Crippen LogP contribution >= 0.6 is 0 Å². The maximum Gasteiger partial charge on any atom is 0.317 e. The summed E-state index contributed by atoms with van der Waals surface area (Å²) in [5.74, 6) is 2.27. The molecule has 1 fully saturated rings. The molecule has 3 heterocycles. The zero-order valence-corrected chi connectivity index (χ0v) is 13.9. The topological polar surface area (TPSA) is 70.8 Å². The summed E-state index contributed by atoms with van der Waals surface area (Å²) in [7, 11) is 3.86. The lowest BCUT2D eigenvalue weighted by molar-refractivity contribution is 0.186. The van der Waals surface area contributed by atoms with Crippen molar-refractivity contribution in [2.75, 3.05) is 32.1 Å². The molecule has 1 N–H and O–H groups in total. The summed E-state index contributed by atoms with van der Waals surface area (Å²) in [6, 6.07) is 7.29. The van der Waals surface area contributed by atoms with E-state index in [1.165, 1.54) is 0 Å². The predicted molar refractivity (Wildman–Crippen MR) is 90.1 cm³/mol. The minimum Gasteiger partial charge on any atom is -0.485 e. The Morgan fingerprint density at radius 1 is 1.46 bits per heavy atom. The number of anilines is 1. The molecule has 0 aromatic carbocycles. The summed E-state index contributed by atoms with van der Waals surface area (Å²) in [4.78, 5) is 20.2. The fourth-order valence-electron chi connectivity index (χ4n) is 2.69. The fraction of sp³-hybridized carbons (Fsp3) is 0.412. The number of nitrogens with zero attached hydrogens (tertiary/aromatic N) is 3. The highest BCUT2D eigenvalue weighted by atomic mass is 16.5. The van der Waals surface area contributed by atoms with Crippen LogP contribution in [0.1, 0.15) is 12.2 Å². The highest BCUT2D eigenvalue weighted by molar-refractivity contribution is 5.74. The lowest BCUT2D eigenvalue weighted by Gasteiger charge is -2.20. The number of furan rings is 1. The molecule has 2 amide bonds. The summed E-state index contributed by atoms with van der Waals surface area (Å²) in [5.41, 5.74) is 0. The van der Waals surface area contributed by atoms with E-state index in [0.29, 0.717) is 19.6 Å². The number of urea groups is 1. The Morgan fingerprint density at radius 2 is 2.33 bits per heavy atom. The Bertz CT molecular complexity index is 672. The van der Waals surface area contributed by atoms with E-state index in [1.54, 1.807) is 23.4 Å². The van der Waals surface area contributed by atoms with Gasteiger partial charge in [-0.2, -0.15) is 0 Å². The number of pyridine rings is 1. The van der Waals surface area contributed by atoms with Crippen molar-refractivity contribution in [1.82, 2.24) is 15.2 Å². The highest BCUT2D eigenvalue weighted by Gasteiger charge is 2.28. The number of amides is 2. The highest BCUT2D eigenvalue weighted by Crippen LogP contribution is 2.26. The Kier molecular flexibility index (Phi) is 4.88. The summed E-state index contributed by atoms with van der Waals surface area (Å²) in [5, 5.41) is 2.86. The van der Waals surface area contributed by atoms with E-state index < -0.39 is 0 Å². The SMILES string of the molecule is CN(C)c1ncccc1O[C@H]1CCN(C(=O)NCc2ccco2)C1. The minimum atomic E-state index is -0.100. The fourth-order valence-corrected chi connectivity index (χ4v) is 2.69. The van der Waals surface area contributed by atoms with E-state index in [2.05, 4.69) is 10.3 Å². The molecule has 1 atom stereocenters. The third-order valence-corrected chi connectivity index (χ3v) is 3.89. The van der Waals surface area contributed by atoms with E-state index in [4.69, 9.17) is 9.15 Å². The number of carbonyl (C=O) groups excluding carboxylic acids is 1. The second-order valence-corrected chi connectivity index (χ2v) is 5.93. The smallest absolute Gasteiger partial charge is 0.317 e. The third kappa shape index (κ3) is 3.79. The molecule has 1 saturated heterocycles. The molecule has 0 aliphatic carbocycles. The number of hydrogen-bond donors (Lipinski definition) is 1. The predicted octanol–water partition coefficient (Wildman–Crippen LogP) is 2.10. The molecule has 128 valence electrons. The van der Waals surface area contributed by atoms with Crippen molar-refractivity contribution in [3.63, 3.8) is 0 Å². The summed E-state index contributed by atoms with van der Waals surface area (Å²) < 4.78 is 11.3. The number of ether oxygens (including phenoxy) is 1. The van der Waals surface area contributed by atoms with Gasteiger partial charge >= 0.3 is 6.03 Å². The van der Waals surface area contributed by atoms with Crippen LogP contribution in [0.5, 0.6) is 5.75 Å². The normalized spacial score (nSPS) is 16.9. The van der Waals surface area contributed by atoms with Crippen LogP contribution in [0, 0.1) is 0 Å². The van der Waals surface area contributed by atoms with E-state index in [-0.39, 0.29) is 12.1 Å². The van der Waals surface area contributed by atoms with Crippen molar-refractivity contribution in [1.29, 1.82) is 0 Å². The van der Waals surface area contributed by atoms with Crippen molar-refractivity contribution in [3.05, 3.63) is 42.5 Å². The number of aromatic nitrogens is 1. The van der Waals surface area contributed by atoms with Crippen LogP contribution < -0.4 is 15.0 Å². The lowest BCUT2D eigenvalue weighted by Crippen LogP contribution is -2.39. The quantitative estimate of drug-likeness (QED) is 0.909. The first kappa shape index (κ1) is 16.2. The van der Waals surface area contributed by atoms with Crippen LogP contribution in [-0.4, -0.2) is 49.2 Å². The molecule has 0 bridgehead atoms. The average molecular weight is 330 g/mol. The first-order chi connectivity index (χ1) is 11.6. The van der Waals surface area contributed by atoms with Crippen molar-refractivity contribution in [2.24, 2.45) is 0 Å². The van der Waals surface area contributed by atoms with Gasteiger partial charge in [-0.15, -0.1) is 0 Å². The molecule has 2 aromatic heterocycles. The number of nitrogens with one attached hydrogen (secondary N) is 1. The molecular formula is C17H22N4O3. The molecule has 0 unspecified atom stereocenters. The molecule has 1 aliphatic rings. The minimum absolute atomic E-state index is 0.0257. The zero-order valence-electron chi connectivity index (χ0n) is 13.9. The van der Waals surface area contributed by atoms with Gasteiger partial charge in [0.05, 0.1) is 19.4 Å². The van der Waals surface area contributed by atoms with Crippen LogP contribution in [0.2, 0.25) is 0 Å². The number of likely N-dealkylation sites (tertiary alicyclic amines) is 1. The van der Waals surface area contributed by atoms with Gasteiger partial charge in [0, 0.05) is 33.3 Å². The molecule has 7 nitrogen and oxygen atoms in total. The van der Waals surface area contributed by atoms with Gasteiger partial charge < -0.3 is 24.3 Å². The van der Waals surface area contributed by atoms with Crippen LogP contribution in [0.25, 0.3) is 0 Å². The van der Waals surface area contributed by atoms with Gasteiger partial charge in [-0.25, -0.2) is 9.78 Å².